The standard InChI is InChI=1S/C17H10BrFN4S/c18-13-6-4-12(5-7-13)16-20-21-17-23(16)22-15(24-17)10-3-11-1-8-14(19)9-2-11/h1-10H. The van der Waals surface area contributed by atoms with Gasteiger partial charge in [0.2, 0.25) is 4.96 Å². The Morgan fingerprint density at radius 2 is 1.71 bits per heavy atom. The first-order valence-corrected chi connectivity index (χ1v) is 8.72. The zero-order valence-electron chi connectivity index (χ0n) is 12.2. The van der Waals surface area contributed by atoms with E-state index in [1.165, 1.54) is 23.5 Å². The summed E-state index contributed by atoms with van der Waals surface area (Å²) in [5.41, 5.74) is 1.86. The normalized spacial score (nSPS) is 11.6. The lowest BCUT2D eigenvalue weighted by Gasteiger charge is -1.96. The van der Waals surface area contributed by atoms with Crippen LogP contribution in [0.2, 0.25) is 0 Å². The molecule has 24 heavy (non-hydrogen) atoms. The molecule has 0 amide bonds. The van der Waals surface area contributed by atoms with Crippen LogP contribution in [0.3, 0.4) is 0 Å². The van der Waals surface area contributed by atoms with Gasteiger partial charge in [-0.2, -0.15) is 9.61 Å². The molecule has 7 heteroatoms. The first-order valence-electron chi connectivity index (χ1n) is 7.11. The Morgan fingerprint density at radius 3 is 2.46 bits per heavy atom. The smallest absolute Gasteiger partial charge is 0.207 e. The second-order valence-electron chi connectivity index (χ2n) is 5.05. The van der Waals surface area contributed by atoms with Crippen LogP contribution < -0.4 is 0 Å². The molecule has 0 radical (unpaired) electrons. The van der Waals surface area contributed by atoms with Gasteiger partial charge in [0.1, 0.15) is 10.8 Å². The number of rotatable bonds is 3. The van der Waals surface area contributed by atoms with E-state index in [0.29, 0.717) is 5.82 Å². The van der Waals surface area contributed by atoms with Crippen molar-refractivity contribution >= 4 is 44.4 Å². The van der Waals surface area contributed by atoms with Gasteiger partial charge in [0.25, 0.3) is 0 Å². The number of halogens is 2. The second-order valence-corrected chi connectivity index (χ2v) is 6.95. The molecule has 2 heterocycles. The Balaban J connectivity index is 1.66. The van der Waals surface area contributed by atoms with Crippen LogP contribution in [0, 0.1) is 5.82 Å². The van der Waals surface area contributed by atoms with E-state index in [9.17, 15) is 4.39 Å². The predicted molar refractivity (Wildman–Crippen MR) is 97.1 cm³/mol. The minimum Gasteiger partial charge on any atom is -0.207 e. The summed E-state index contributed by atoms with van der Waals surface area (Å²) < 4.78 is 15.7. The maximum atomic E-state index is 12.9. The van der Waals surface area contributed by atoms with Crippen molar-refractivity contribution in [3.05, 3.63) is 69.4 Å². The fourth-order valence-electron chi connectivity index (χ4n) is 2.22. The van der Waals surface area contributed by atoms with E-state index in [4.69, 9.17) is 0 Å². The quantitative estimate of drug-likeness (QED) is 0.489. The maximum absolute atomic E-state index is 12.9. The van der Waals surface area contributed by atoms with Crippen LogP contribution in [0.1, 0.15) is 10.6 Å². The highest BCUT2D eigenvalue weighted by molar-refractivity contribution is 9.10. The average Bonchev–Trinajstić information content (AvgIpc) is 3.15. The van der Waals surface area contributed by atoms with Gasteiger partial charge < -0.3 is 0 Å². The third kappa shape index (κ3) is 3.00. The number of hydrogen-bond acceptors (Lipinski definition) is 4. The number of benzene rings is 2. The van der Waals surface area contributed by atoms with Crippen LogP contribution >= 0.6 is 27.3 Å². The molecular formula is C17H10BrFN4S. The van der Waals surface area contributed by atoms with Gasteiger partial charge in [-0.1, -0.05) is 57.6 Å². The minimum absolute atomic E-state index is 0.245. The molecule has 0 atom stereocenters. The Bertz CT molecular complexity index is 1020. The number of aromatic nitrogens is 4. The number of hydrogen-bond donors (Lipinski definition) is 0. The van der Waals surface area contributed by atoms with Crippen LogP contribution in [0.4, 0.5) is 4.39 Å². The van der Waals surface area contributed by atoms with Gasteiger partial charge in [-0.25, -0.2) is 4.39 Å². The molecule has 0 N–H and O–H groups in total. The Kier molecular flexibility index (Phi) is 3.95. The molecule has 2 aromatic heterocycles. The lowest BCUT2D eigenvalue weighted by atomic mass is 10.2. The Morgan fingerprint density at radius 1 is 0.958 bits per heavy atom. The van der Waals surface area contributed by atoms with Crippen LogP contribution in [0.5, 0.6) is 0 Å². The first kappa shape index (κ1) is 15.2. The van der Waals surface area contributed by atoms with Crippen molar-refractivity contribution in [2.45, 2.75) is 0 Å². The summed E-state index contributed by atoms with van der Waals surface area (Å²) in [6.07, 6.45) is 3.78. The highest BCUT2D eigenvalue weighted by Gasteiger charge is 2.12. The van der Waals surface area contributed by atoms with Gasteiger partial charge in [-0.05, 0) is 35.9 Å². The van der Waals surface area contributed by atoms with Gasteiger partial charge in [-0.15, -0.1) is 10.2 Å². The Hall–Kier alpha value is -2.38. The number of fused-ring (bicyclic) bond motifs is 1. The van der Waals surface area contributed by atoms with Gasteiger partial charge in [0.15, 0.2) is 5.82 Å². The van der Waals surface area contributed by atoms with Crippen molar-refractivity contribution in [2.75, 3.05) is 0 Å². The van der Waals surface area contributed by atoms with Crippen molar-refractivity contribution < 1.29 is 4.39 Å². The zero-order valence-corrected chi connectivity index (χ0v) is 14.6. The summed E-state index contributed by atoms with van der Waals surface area (Å²) in [7, 11) is 0. The van der Waals surface area contributed by atoms with Crippen molar-refractivity contribution in [1.82, 2.24) is 19.8 Å². The SMILES string of the molecule is Fc1ccc(C=Cc2nn3c(-c4ccc(Br)cc4)nnc3s2)cc1. The highest BCUT2D eigenvalue weighted by atomic mass is 79.9. The highest BCUT2D eigenvalue weighted by Crippen LogP contribution is 2.24. The largest absolute Gasteiger partial charge is 0.235 e. The molecule has 0 aliphatic rings. The molecule has 0 aliphatic carbocycles. The van der Waals surface area contributed by atoms with Crippen LogP contribution in [0.25, 0.3) is 28.5 Å². The van der Waals surface area contributed by atoms with Gasteiger partial charge >= 0.3 is 0 Å². The van der Waals surface area contributed by atoms with Crippen LogP contribution in [0.15, 0.2) is 53.0 Å². The van der Waals surface area contributed by atoms with Crippen molar-refractivity contribution in [3.63, 3.8) is 0 Å². The van der Waals surface area contributed by atoms with E-state index in [2.05, 4.69) is 31.2 Å². The fourth-order valence-corrected chi connectivity index (χ4v) is 3.22. The van der Waals surface area contributed by atoms with Crippen LogP contribution in [-0.4, -0.2) is 19.8 Å². The lowest BCUT2D eigenvalue weighted by Crippen LogP contribution is -1.90. The molecule has 0 spiro atoms. The van der Waals surface area contributed by atoms with E-state index in [1.54, 1.807) is 16.6 Å². The monoisotopic (exact) mass is 400 g/mol. The molecule has 0 saturated carbocycles. The lowest BCUT2D eigenvalue weighted by molar-refractivity contribution is 0.628. The molecular weight excluding hydrogens is 391 g/mol. The third-order valence-corrected chi connectivity index (χ3v) is 4.79. The van der Waals surface area contributed by atoms with Crippen molar-refractivity contribution in [2.24, 2.45) is 0 Å². The zero-order chi connectivity index (χ0) is 16.5. The fraction of sp³-hybridized carbons (Fsp3) is 0. The van der Waals surface area contributed by atoms with E-state index in [-0.39, 0.29) is 5.82 Å². The van der Waals surface area contributed by atoms with Gasteiger partial charge in [0.05, 0.1) is 0 Å². The van der Waals surface area contributed by atoms with E-state index in [1.807, 2.05) is 36.4 Å². The van der Waals surface area contributed by atoms with Crippen molar-refractivity contribution in [3.8, 4) is 11.4 Å². The summed E-state index contributed by atoms with van der Waals surface area (Å²) in [6, 6.07) is 14.2. The van der Waals surface area contributed by atoms with E-state index < -0.39 is 0 Å². The summed E-state index contributed by atoms with van der Waals surface area (Å²) in [6.45, 7) is 0. The molecule has 2 aromatic carbocycles. The first-order chi connectivity index (χ1) is 11.7. The molecule has 0 aliphatic heterocycles. The van der Waals surface area contributed by atoms with Crippen molar-refractivity contribution in [1.29, 1.82) is 0 Å². The predicted octanol–water partition coefficient (Wildman–Crippen LogP) is 4.92. The molecule has 4 rings (SSSR count). The molecule has 4 nitrogen and oxygen atoms in total. The molecule has 0 fully saturated rings. The molecule has 0 saturated heterocycles. The molecule has 118 valence electrons. The minimum atomic E-state index is -0.245. The molecule has 0 unspecified atom stereocenters. The average molecular weight is 401 g/mol. The summed E-state index contributed by atoms with van der Waals surface area (Å²) in [5, 5.41) is 13.7. The third-order valence-electron chi connectivity index (χ3n) is 3.40. The number of nitrogens with zero attached hydrogens (tertiary/aromatic N) is 4. The van der Waals surface area contributed by atoms with Gasteiger partial charge in [-0.3, -0.25) is 0 Å². The van der Waals surface area contributed by atoms with Crippen LogP contribution in [-0.2, 0) is 0 Å². The Labute approximate surface area is 149 Å². The van der Waals surface area contributed by atoms with E-state index >= 15 is 0 Å². The second kappa shape index (κ2) is 6.26. The summed E-state index contributed by atoms with van der Waals surface area (Å²) in [4.78, 5) is 0.728. The topological polar surface area (TPSA) is 43.1 Å². The summed E-state index contributed by atoms with van der Waals surface area (Å²) >= 11 is 4.87. The maximum Gasteiger partial charge on any atom is 0.235 e. The van der Waals surface area contributed by atoms with E-state index in [0.717, 1.165) is 25.6 Å². The molecule has 0 bridgehead atoms. The molecule has 4 aromatic rings. The summed E-state index contributed by atoms with van der Waals surface area (Å²) in [5.74, 6) is 0.459. The van der Waals surface area contributed by atoms with Gasteiger partial charge in [0, 0.05) is 10.0 Å².